The molecule has 0 saturated carbocycles. The number of halogens is 1. The fourth-order valence-electron chi connectivity index (χ4n) is 1.32. The molecule has 3 nitrogen and oxygen atoms in total. The molecular formula is C8H10ClNO2S. The first kappa shape index (κ1) is 10.3. The molecule has 2 N–H and O–H groups in total. The van der Waals surface area contributed by atoms with Crippen molar-refractivity contribution in [3.63, 3.8) is 0 Å². The Labute approximate surface area is 81.9 Å². The van der Waals surface area contributed by atoms with Gasteiger partial charge in [-0.2, -0.15) is 0 Å². The molecule has 0 heterocycles. The van der Waals surface area contributed by atoms with Gasteiger partial charge in [-0.05, 0) is 31.0 Å². The topological polar surface area (TPSA) is 60.2 Å². The minimum Gasteiger partial charge on any atom is -0.398 e. The van der Waals surface area contributed by atoms with E-state index >= 15 is 0 Å². The summed E-state index contributed by atoms with van der Waals surface area (Å²) in [5, 5.41) is 0. The summed E-state index contributed by atoms with van der Waals surface area (Å²) in [4.78, 5) is 0.0137. The van der Waals surface area contributed by atoms with Crippen LogP contribution >= 0.6 is 10.7 Å². The van der Waals surface area contributed by atoms with Crippen molar-refractivity contribution in [2.75, 3.05) is 5.73 Å². The van der Waals surface area contributed by atoms with Crippen LogP contribution in [0.3, 0.4) is 0 Å². The molecule has 0 aliphatic heterocycles. The first-order chi connectivity index (χ1) is 5.82. The molecule has 0 amide bonds. The molecule has 1 rings (SSSR count). The molecule has 0 fully saturated rings. The monoisotopic (exact) mass is 219 g/mol. The summed E-state index contributed by atoms with van der Waals surface area (Å²) in [6, 6.07) is 3.31. The highest BCUT2D eigenvalue weighted by atomic mass is 35.7. The maximum atomic E-state index is 11.1. The van der Waals surface area contributed by atoms with E-state index in [1.165, 1.54) is 0 Å². The zero-order chi connectivity index (χ0) is 10.2. The number of benzene rings is 1. The van der Waals surface area contributed by atoms with Gasteiger partial charge < -0.3 is 5.73 Å². The van der Waals surface area contributed by atoms with Crippen LogP contribution in [-0.2, 0) is 9.05 Å². The first-order valence-corrected chi connectivity index (χ1v) is 5.94. The molecule has 1 aromatic rings. The predicted molar refractivity (Wildman–Crippen MR) is 53.4 cm³/mol. The van der Waals surface area contributed by atoms with E-state index in [1.54, 1.807) is 19.1 Å². The molecule has 0 spiro atoms. The molecule has 0 atom stereocenters. The Morgan fingerprint density at radius 2 is 1.85 bits per heavy atom. The lowest BCUT2D eigenvalue weighted by Crippen LogP contribution is -2.01. The summed E-state index contributed by atoms with van der Waals surface area (Å²) >= 11 is 0. The molecule has 0 bridgehead atoms. The second-order valence-corrected chi connectivity index (χ2v) is 5.44. The van der Waals surface area contributed by atoms with E-state index in [0.717, 1.165) is 5.56 Å². The summed E-state index contributed by atoms with van der Waals surface area (Å²) in [5.41, 5.74) is 7.24. The summed E-state index contributed by atoms with van der Waals surface area (Å²) in [5.74, 6) is 0. The van der Waals surface area contributed by atoms with Crippen LogP contribution in [0, 0.1) is 13.8 Å². The van der Waals surface area contributed by atoms with Gasteiger partial charge in [0, 0.05) is 10.7 Å². The van der Waals surface area contributed by atoms with Crippen LogP contribution in [0.1, 0.15) is 11.1 Å². The molecule has 0 aliphatic rings. The van der Waals surface area contributed by atoms with E-state index in [0.29, 0.717) is 5.56 Å². The van der Waals surface area contributed by atoms with Gasteiger partial charge in [-0.3, -0.25) is 0 Å². The molecule has 72 valence electrons. The SMILES string of the molecule is Cc1cc(C)c(S(=O)(=O)Cl)c(N)c1. The van der Waals surface area contributed by atoms with Gasteiger partial charge >= 0.3 is 0 Å². The Bertz CT molecular complexity index is 416. The molecule has 13 heavy (non-hydrogen) atoms. The average Bonchev–Trinajstić information content (AvgIpc) is 1.78. The Kier molecular flexibility index (Phi) is 2.54. The van der Waals surface area contributed by atoms with Crippen molar-refractivity contribution in [1.29, 1.82) is 0 Å². The van der Waals surface area contributed by atoms with Crippen molar-refractivity contribution < 1.29 is 8.42 Å². The lowest BCUT2D eigenvalue weighted by Gasteiger charge is -2.06. The van der Waals surface area contributed by atoms with Crippen molar-refractivity contribution >= 4 is 25.4 Å². The summed E-state index contributed by atoms with van der Waals surface area (Å²) in [6.45, 7) is 3.51. The second kappa shape index (κ2) is 3.20. The van der Waals surface area contributed by atoms with Crippen LogP contribution in [-0.4, -0.2) is 8.42 Å². The third-order valence-electron chi connectivity index (χ3n) is 1.69. The van der Waals surface area contributed by atoms with E-state index in [-0.39, 0.29) is 10.6 Å². The Morgan fingerprint density at radius 1 is 1.31 bits per heavy atom. The molecule has 0 radical (unpaired) electrons. The van der Waals surface area contributed by atoms with E-state index in [1.807, 2.05) is 6.92 Å². The van der Waals surface area contributed by atoms with Crippen LogP contribution < -0.4 is 5.73 Å². The smallest absolute Gasteiger partial charge is 0.263 e. The van der Waals surface area contributed by atoms with Gasteiger partial charge in [0.25, 0.3) is 9.05 Å². The fraction of sp³-hybridized carbons (Fsp3) is 0.250. The molecule has 0 aromatic heterocycles. The van der Waals surface area contributed by atoms with Gasteiger partial charge in [-0.25, -0.2) is 8.42 Å². The van der Waals surface area contributed by atoms with Crippen molar-refractivity contribution in [3.8, 4) is 0 Å². The molecule has 1 aromatic carbocycles. The standard InChI is InChI=1S/C8H10ClNO2S/c1-5-3-6(2)8(7(10)4-5)13(9,11)12/h3-4H,10H2,1-2H3. The normalized spacial score (nSPS) is 11.6. The number of nitrogens with two attached hydrogens (primary N) is 1. The van der Waals surface area contributed by atoms with Crippen molar-refractivity contribution in [1.82, 2.24) is 0 Å². The Balaban J connectivity index is 3.57. The number of nitrogen functional groups attached to an aromatic ring is 1. The highest BCUT2D eigenvalue weighted by Gasteiger charge is 2.17. The summed E-state index contributed by atoms with van der Waals surface area (Å²) < 4.78 is 22.1. The fourth-order valence-corrected chi connectivity index (χ4v) is 2.74. The number of hydrogen-bond acceptors (Lipinski definition) is 3. The Morgan fingerprint density at radius 3 is 2.23 bits per heavy atom. The van der Waals surface area contributed by atoms with Crippen LogP contribution in [0.25, 0.3) is 0 Å². The number of hydrogen-bond donors (Lipinski definition) is 1. The maximum Gasteiger partial charge on any atom is 0.263 e. The second-order valence-electron chi connectivity index (χ2n) is 2.94. The lowest BCUT2D eigenvalue weighted by atomic mass is 10.1. The number of aryl methyl sites for hydroxylation is 2. The van der Waals surface area contributed by atoms with Crippen LogP contribution in [0.4, 0.5) is 5.69 Å². The van der Waals surface area contributed by atoms with Crippen LogP contribution in [0.2, 0.25) is 0 Å². The molecular weight excluding hydrogens is 210 g/mol. The average molecular weight is 220 g/mol. The highest BCUT2D eigenvalue weighted by molar-refractivity contribution is 8.13. The zero-order valence-electron chi connectivity index (χ0n) is 7.33. The van der Waals surface area contributed by atoms with E-state index in [9.17, 15) is 8.42 Å². The van der Waals surface area contributed by atoms with Crippen LogP contribution in [0.5, 0.6) is 0 Å². The Hall–Kier alpha value is -0.740. The third-order valence-corrected chi connectivity index (χ3v) is 3.20. The number of anilines is 1. The van der Waals surface area contributed by atoms with Gasteiger partial charge in [0.05, 0.1) is 5.69 Å². The lowest BCUT2D eigenvalue weighted by molar-refractivity contribution is 0.609. The van der Waals surface area contributed by atoms with Gasteiger partial charge in [-0.15, -0.1) is 0 Å². The predicted octanol–water partition coefficient (Wildman–Crippen LogP) is 1.81. The van der Waals surface area contributed by atoms with Crippen molar-refractivity contribution in [2.24, 2.45) is 0 Å². The molecule has 0 saturated heterocycles. The summed E-state index contributed by atoms with van der Waals surface area (Å²) in [6.07, 6.45) is 0. The highest BCUT2D eigenvalue weighted by Crippen LogP contribution is 2.27. The van der Waals surface area contributed by atoms with Gasteiger partial charge in [0.2, 0.25) is 0 Å². The molecule has 0 unspecified atom stereocenters. The molecule has 0 aliphatic carbocycles. The summed E-state index contributed by atoms with van der Waals surface area (Å²) in [7, 11) is 1.48. The van der Waals surface area contributed by atoms with Crippen molar-refractivity contribution in [3.05, 3.63) is 23.3 Å². The first-order valence-electron chi connectivity index (χ1n) is 3.64. The number of rotatable bonds is 1. The maximum absolute atomic E-state index is 11.1. The van der Waals surface area contributed by atoms with Crippen molar-refractivity contribution in [2.45, 2.75) is 18.7 Å². The van der Waals surface area contributed by atoms with Gasteiger partial charge in [-0.1, -0.05) is 6.07 Å². The largest absolute Gasteiger partial charge is 0.398 e. The van der Waals surface area contributed by atoms with E-state index in [2.05, 4.69) is 0 Å². The zero-order valence-corrected chi connectivity index (χ0v) is 8.91. The molecule has 5 heteroatoms. The van der Waals surface area contributed by atoms with E-state index < -0.39 is 9.05 Å². The third kappa shape index (κ3) is 2.14. The van der Waals surface area contributed by atoms with E-state index in [4.69, 9.17) is 16.4 Å². The quantitative estimate of drug-likeness (QED) is 0.579. The van der Waals surface area contributed by atoms with Gasteiger partial charge in [0.1, 0.15) is 4.90 Å². The van der Waals surface area contributed by atoms with Gasteiger partial charge in [0.15, 0.2) is 0 Å². The van der Waals surface area contributed by atoms with Crippen LogP contribution in [0.15, 0.2) is 17.0 Å². The minimum absolute atomic E-state index is 0.0137. The minimum atomic E-state index is -3.73.